The van der Waals surface area contributed by atoms with Gasteiger partial charge in [0.25, 0.3) is 5.56 Å². The molecule has 1 aromatic heterocycles. The molecule has 0 aliphatic carbocycles. The summed E-state index contributed by atoms with van der Waals surface area (Å²) >= 11 is 10.5. The number of thiazole rings is 1. The van der Waals surface area contributed by atoms with E-state index in [2.05, 4.69) is 25.7 Å². The maximum Gasteiger partial charge on any atom is 0.343 e. The Kier molecular flexibility index (Phi) is 9.57. The molecular weight excluding hydrogens is 640 g/mol. The van der Waals surface area contributed by atoms with Crippen LogP contribution in [0.15, 0.2) is 55.9 Å². The number of allylic oxidation sites excluding steroid dienone is 1. The Morgan fingerprint density at radius 1 is 1.17 bits per heavy atom. The average Bonchev–Trinajstić information content (AvgIpc) is 3.23. The number of phenols is 1. The number of aromatic hydroxyl groups is 1. The fraction of sp³-hybridized carbons (Fsp3) is 0.286. The van der Waals surface area contributed by atoms with Gasteiger partial charge in [0, 0.05) is 10.6 Å². The van der Waals surface area contributed by atoms with E-state index >= 15 is 0 Å². The highest BCUT2D eigenvalue weighted by atomic mass is 79.9. The van der Waals surface area contributed by atoms with Crippen LogP contribution in [0.3, 0.4) is 0 Å². The van der Waals surface area contributed by atoms with Gasteiger partial charge >= 0.3 is 11.9 Å². The highest BCUT2D eigenvalue weighted by Gasteiger charge is 2.34. The maximum absolute atomic E-state index is 13.9. The summed E-state index contributed by atoms with van der Waals surface area (Å²) in [7, 11) is 1.26. The van der Waals surface area contributed by atoms with Crippen LogP contribution in [0.1, 0.15) is 37.9 Å². The van der Waals surface area contributed by atoms with Gasteiger partial charge in [0.05, 0.1) is 46.6 Å². The molecule has 3 aromatic rings. The lowest BCUT2D eigenvalue weighted by atomic mass is 9.95. The van der Waals surface area contributed by atoms with E-state index in [9.17, 15) is 19.5 Å². The summed E-state index contributed by atoms with van der Waals surface area (Å²) in [6.45, 7) is 5.24. The lowest BCUT2D eigenvalue weighted by Gasteiger charge is -2.25. The average molecular weight is 666 g/mol. The Labute approximate surface area is 252 Å². The smallest absolute Gasteiger partial charge is 0.343 e. The van der Waals surface area contributed by atoms with E-state index in [0.29, 0.717) is 43.5 Å². The van der Waals surface area contributed by atoms with E-state index in [-0.39, 0.29) is 34.8 Å². The number of nitrogens with zero attached hydrogens (tertiary/aromatic N) is 2. The third kappa shape index (κ3) is 6.34. The van der Waals surface area contributed by atoms with Crippen LogP contribution in [0.25, 0.3) is 6.08 Å². The van der Waals surface area contributed by atoms with Crippen molar-refractivity contribution in [3.8, 4) is 17.2 Å². The topological polar surface area (TPSA) is 126 Å². The molecule has 0 saturated heterocycles. The van der Waals surface area contributed by atoms with Crippen LogP contribution in [0.4, 0.5) is 0 Å². The van der Waals surface area contributed by atoms with Crippen molar-refractivity contribution >= 4 is 56.9 Å². The second kappa shape index (κ2) is 12.9. The number of rotatable bonds is 9. The van der Waals surface area contributed by atoms with Crippen molar-refractivity contribution in [1.29, 1.82) is 0 Å². The number of esters is 2. The molecule has 0 unspecified atom stereocenters. The number of hydrogen-bond acceptors (Lipinski definition) is 10. The standard InChI is InChI=1S/C28H26BrClN2O8S/c1-5-38-20-10-15(7-8-19(20)40-13-22(33)37-4)24-23(27(36)39-6-2)14(3)31-28-32(24)26(35)21(41-28)11-16-9-17(30)12-18(29)25(16)34/h7-12,24,34H,5-6,13H2,1-4H3/b21-11-/t24-/m0/s1. The molecule has 0 saturated carbocycles. The third-order valence-electron chi connectivity index (χ3n) is 6.02. The normalized spacial score (nSPS) is 14.8. The lowest BCUT2D eigenvalue weighted by Crippen LogP contribution is -2.40. The summed E-state index contributed by atoms with van der Waals surface area (Å²) in [4.78, 5) is 43.6. The van der Waals surface area contributed by atoms with Crippen LogP contribution in [0, 0.1) is 0 Å². The lowest BCUT2D eigenvalue weighted by molar-refractivity contribution is -0.143. The van der Waals surface area contributed by atoms with Gasteiger partial charge in [-0.05, 0) is 72.6 Å². The van der Waals surface area contributed by atoms with E-state index in [0.717, 1.165) is 11.3 Å². The number of methoxy groups -OCH3 is 1. The zero-order valence-corrected chi connectivity index (χ0v) is 25.7. The first-order valence-electron chi connectivity index (χ1n) is 12.4. The van der Waals surface area contributed by atoms with Crippen LogP contribution in [-0.4, -0.2) is 48.5 Å². The Morgan fingerprint density at radius 2 is 1.93 bits per heavy atom. The number of ether oxygens (including phenoxy) is 4. The Bertz CT molecular complexity index is 1730. The monoisotopic (exact) mass is 664 g/mol. The molecule has 1 aliphatic heterocycles. The predicted octanol–water partition coefficient (Wildman–Crippen LogP) is 3.87. The van der Waals surface area contributed by atoms with Crippen molar-refractivity contribution in [2.24, 2.45) is 4.99 Å². The molecule has 216 valence electrons. The molecule has 0 radical (unpaired) electrons. The molecule has 0 spiro atoms. The highest BCUT2D eigenvalue weighted by molar-refractivity contribution is 9.10. The van der Waals surface area contributed by atoms with Crippen molar-refractivity contribution in [3.63, 3.8) is 0 Å². The summed E-state index contributed by atoms with van der Waals surface area (Å²) in [5, 5.41) is 10.9. The maximum atomic E-state index is 13.9. The summed E-state index contributed by atoms with van der Waals surface area (Å²) in [5.41, 5.74) is 0.992. The zero-order chi connectivity index (χ0) is 29.8. The van der Waals surface area contributed by atoms with Crippen molar-refractivity contribution < 1.29 is 33.6 Å². The van der Waals surface area contributed by atoms with Crippen molar-refractivity contribution in [2.75, 3.05) is 26.9 Å². The fourth-order valence-electron chi connectivity index (χ4n) is 4.22. The molecule has 0 fully saturated rings. The molecule has 1 atom stereocenters. The zero-order valence-electron chi connectivity index (χ0n) is 22.5. The Hall–Kier alpha value is -3.61. The largest absolute Gasteiger partial charge is 0.506 e. The molecule has 4 rings (SSSR count). The number of carbonyl (C=O) groups is 2. The Morgan fingerprint density at radius 3 is 2.61 bits per heavy atom. The molecule has 41 heavy (non-hydrogen) atoms. The number of benzene rings is 2. The van der Waals surface area contributed by atoms with Gasteiger partial charge in [0.2, 0.25) is 0 Å². The SMILES string of the molecule is CCOC(=O)C1=C(C)N=c2s/c(=C\c3cc(Cl)cc(Br)c3O)c(=O)n2[C@H]1c1ccc(OCC(=O)OC)c(OCC)c1. The minimum Gasteiger partial charge on any atom is -0.506 e. The second-order valence-corrected chi connectivity index (χ2v) is 10.9. The van der Waals surface area contributed by atoms with Gasteiger partial charge in [-0.2, -0.15) is 0 Å². The van der Waals surface area contributed by atoms with E-state index in [4.69, 9.17) is 25.8 Å². The molecular formula is C28H26BrClN2O8S. The third-order valence-corrected chi connectivity index (χ3v) is 7.82. The van der Waals surface area contributed by atoms with Crippen LogP contribution >= 0.6 is 38.9 Å². The molecule has 13 heteroatoms. The molecule has 0 bridgehead atoms. The first-order valence-corrected chi connectivity index (χ1v) is 14.4. The van der Waals surface area contributed by atoms with E-state index in [1.54, 1.807) is 45.0 Å². The summed E-state index contributed by atoms with van der Waals surface area (Å²) in [5.74, 6) is -0.668. The van der Waals surface area contributed by atoms with E-state index in [1.165, 1.54) is 23.8 Å². The second-order valence-electron chi connectivity index (χ2n) is 8.63. The van der Waals surface area contributed by atoms with Crippen LogP contribution in [0.5, 0.6) is 17.2 Å². The number of phenolic OH excluding ortho intramolecular Hbond substituents is 1. The number of carbonyl (C=O) groups excluding carboxylic acids is 2. The van der Waals surface area contributed by atoms with Crippen LogP contribution in [0.2, 0.25) is 5.02 Å². The van der Waals surface area contributed by atoms with Gasteiger partial charge in [-0.1, -0.05) is 29.0 Å². The number of aromatic nitrogens is 1. The quantitative estimate of drug-likeness (QED) is 0.342. The number of fused-ring (bicyclic) bond motifs is 1. The molecule has 1 N–H and O–H groups in total. The predicted molar refractivity (Wildman–Crippen MR) is 156 cm³/mol. The number of hydrogen-bond donors (Lipinski definition) is 1. The molecule has 2 aromatic carbocycles. The van der Waals surface area contributed by atoms with Gasteiger partial charge in [-0.25, -0.2) is 14.6 Å². The van der Waals surface area contributed by atoms with Gasteiger partial charge < -0.3 is 24.1 Å². The molecule has 10 nitrogen and oxygen atoms in total. The van der Waals surface area contributed by atoms with Crippen LogP contribution < -0.4 is 24.4 Å². The summed E-state index contributed by atoms with van der Waals surface area (Å²) < 4.78 is 23.4. The first kappa shape index (κ1) is 30.4. The van der Waals surface area contributed by atoms with Gasteiger partial charge in [0.15, 0.2) is 22.9 Å². The molecule has 0 amide bonds. The molecule has 2 heterocycles. The molecule has 1 aliphatic rings. The van der Waals surface area contributed by atoms with Crippen molar-refractivity contribution in [1.82, 2.24) is 4.57 Å². The van der Waals surface area contributed by atoms with Crippen molar-refractivity contribution in [3.05, 3.63) is 81.9 Å². The summed E-state index contributed by atoms with van der Waals surface area (Å²) in [6, 6.07) is 7.08. The number of halogens is 2. The fourth-order valence-corrected chi connectivity index (χ4v) is 6.09. The van der Waals surface area contributed by atoms with E-state index < -0.39 is 23.5 Å². The summed E-state index contributed by atoms with van der Waals surface area (Å²) in [6.07, 6.45) is 1.52. The Balaban J connectivity index is 1.93. The minimum absolute atomic E-state index is 0.0796. The first-order chi connectivity index (χ1) is 19.6. The van der Waals surface area contributed by atoms with Gasteiger partial charge in [-0.15, -0.1) is 0 Å². The minimum atomic E-state index is -0.916. The van der Waals surface area contributed by atoms with Gasteiger partial charge in [0.1, 0.15) is 5.75 Å². The van der Waals surface area contributed by atoms with Gasteiger partial charge in [-0.3, -0.25) is 9.36 Å². The van der Waals surface area contributed by atoms with Crippen molar-refractivity contribution in [2.45, 2.75) is 26.8 Å². The highest BCUT2D eigenvalue weighted by Crippen LogP contribution is 2.37. The van der Waals surface area contributed by atoms with E-state index in [1.807, 2.05) is 0 Å². The van der Waals surface area contributed by atoms with Crippen LogP contribution in [-0.2, 0) is 19.1 Å².